The molecule has 1 aliphatic rings. The van der Waals surface area contributed by atoms with E-state index in [-0.39, 0.29) is 11.8 Å². The summed E-state index contributed by atoms with van der Waals surface area (Å²) in [4.78, 5) is 29.2. The van der Waals surface area contributed by atoms with Crippen LogP contribution in [0.3, 0.4) is 0 Å². The Kier molecular flexibility index (Phi) is 6.35. The molecule has 2 heterocycles. The van der Waals surface area contributed by atoms with E-state index >= 15 is 0 Å². The Hall–Kier alpha value is -1.44. The fourth-order valence-electron chi connectivity index (χ4n) is 2.40. The number of nitrogens with zero attached hydrogens (tertiary/aromatic N) is 2. The summed E-state index contributed by atoms with van der Waals surface area (Å²) in [6.07, 6.45) is 0. The van der Waals surface area contributed by atoms with Crippen LogP contribution in [0, 0.1) is 6.92 Å². The van der Waals surface area contributed by atoms with E-state index in [0.717, 1.165) is 23.5 Å². The zero-order valence-corrected chi connectivity index (χ0v) is 13.9. The fourth-order valence-corrected chi connectivity index (χ4v) is 3.08. The van der Waals surface area contributed by atoms with Crippen LogP contribution in [0.4, 0.5) is 0 Å². The number of thiophene rings is 1. The van der Waals surface area contributed by atoms with Gasteiger partial charge >= 0.3 is 0 Å². The van der Waals surface area contributed by atoms with Crippen LogP contribution < -0.4 is 5.32 Å². The Morgan fingerprint density at radius 2 is 2.05 bits per heavy atom. The molecule has 122 valence electrons. The standard InChI is InChI=1S/C15H23N3O3S/c1-12-9-13(11-22-12)15(20)18-6-4-17(5-7-18)10-14(19)16-3-8-21-2/h9,11H,3-8,10H2,1-2H3,(H,16,19). The van der Waals surface area contributed by atoms with Gasteiger partial charge in [0.2, 0.25) is 5.91 Å². The number of carbonyl (C=O) groups is 2. The van der Waals surface area contributed by atoms with E-state index in [9.17, 15) is 9.59 Å². The summed E-state index contributed by atoms with van der Waals surface area (Å²) in [6.45, 7) is 6.22. The van der Waals surface area contributed by atoms with Crippen molar-refractivity contribution in [3.05, 3.63) is 21.9 Å². The van der Waals surface area contributed by atoms with Gasteiger partial charge in [0.15, 0.2) is 0 Å². The van der Waals surface area contributed by atoms with Crippen molar-refractivity contribution < 1.29 is 14.3 Å². The maximum atomic E-state index is 12.3. The van der Waals surface area contributed by atoms with Gasteiger partial charge in [-0.3, -0.25) is 14.5 Å². The molecule has 6 nitrogen and oxygen atoms in total. The minimum Gasteiger partial charge on any atom is -0.383 e. The van der Waals surface area contributed by atoms with Crippen molar-refractivity contribution in [2.24, 2.45) is 0 Å². The van der Waals surface area contributed by atoms with Crippen LogP contribution in [0.2, 0.25) is 0 Å². The maximum absolute atomic E-state index is 12.3. The first kappa shape index (κ1) is 16.9. The molecule has 0 spiro atoms. The lowest BCUT2D eigenvalue weighted by molar-refractivity contribution is -0.122. The molecule has 1 aromatic rings. The average Bonchev–Trinajstić information content (AvgIpc) is 2.94. The van der Waals surface area contributed by atoms with Crippen LogP contribution in [0.5, 0.6) is 0 Å². The highest BCUT2D eigenvalue weighted by atomic mass is 32.1. The molecule has 1 fully saturated rings. The number of amides is 2. The van der Waals surface area contributed by atoms with E-state index in [2.05, 4.69) is 10.2 Å². The Morgan fingerprint density at radius 3 is 2.64 bits per heavy atom. The van der Waals surface area contributed by atoms with Crippen LogP contribution in [0.25, 0.3) is 0 Å². The topological polar surface area (TPSA) is 61.9 Å². The molecule has 1 saturated heterocycles. The molecule has 0 aromatic carbocycles. The molecule has 1 N–H and O–H groups in total. The normalized spacial score (nSPS) is 15.8. The van der Waals surface area contributed by atoms with Gasteiger partial charge in [-0.15, -0.1) is 11.3 Å². The van der Waals surface area contributed by atoms with Crippen LogP contribution in [0.15, 0.2) is 11.4 Å². The van der Waals surface area contributed by atoms with Gasteiger partial charge in [-0.25, -0.2) is 0 Å². The van der Waals surface area contributed by atoms with E-state index in [1.165, 1.54) is 0 Å². The number of methoxy groups -OCH3 is 1. The van der Waals surface area contributed by atoms with Gasteiger partial charge in [0, 0.05) is 50.1 Å². The number of aryl methyl sites for hydroxylation is 1. The second-order valence-electron chi connectivity index (χ2n) is 5.36. The molecule has 2 rings (SSSR count). The third kappa shape index (κ3) is 4.79. The Morgan fingerprint density at radius 1 is 1.32 bits per heavy atom. The summed E-state index contributed by atoms with van der Waals surface area (Å²) in [7, 11) is 1.61. The van der Waals surface area contributed by atoms with Crippen LogP contribution in [-0.2, 0) is 9.53 Å². The summed E-state index contributed by atoms with van der Waals surface area (Å²) < 4.78 is 4.89. The number of carbonyl (C=O) groups excluding carboxylic acids is 2. The Bertz CT molecular complexity index is 510. The summed E-state index contributed by atoms with van der Waals surface area (Å²) in [5, 5.41) is 4.72. The quantitative estimate of drug-likeness (QED) is 0.777. The van der Waals surface area contributed by atoms with E-state index in [1.807, 2.05) is 23.3 Å². The Balaban J connectivity index is 1.73. The summed E-state index contributed by atoms with van der Waals surface area (Å²) in [6, 6.07) is 1.93. The first-order chi connectivity index (χ1) is 10.6. The third-order valence-electron chi connectivity index (χ3n) is 3.63. The predicted octanol–water partition coefficient (Wildman–Crippen LogP) is 0.577. The summed E-state index contributed by atoms with van der Waals surface area (Å²) in [5.41, 5.74) is 0.772. The van der Waals surface area contributed by atoms with E-state index in [0.29, 0.717) is 32.8 Å². The molecule has 2 amide bonds. The van der Waals surface area contributed by atoms with Crippen LogP contribution >= 0.6 is 11.3 Å². The number of ether oxygens (including phenoxy) is 1. The fraction of sp³-hybridized carbons (Fsp3) is 0.600. The zero-order chi connectivity index (χ0) is 15.9. The van der Waals surface area contributed by atoms with Gasteiger partial charge in [0.1, 0.15) is 0 Å². The van der Waals surface area contributed by atoms with Gasteiger partial charge in [-0.2, -0.15) is 0 Å². The van der Waals surface area contributed by atoms with Crippen molar-refractivity contribution in [1.29, 1.82) is 0 Å². The largest absolute Gasteiger partial charge is 0.383 e. The van der Waals surface area contributed by atoms with Gasteiger partial charge in [0.25, 0.3) is 5.91 Å². The molecule has 0 saturated carbocycles. The van der Waals surface area contributed by atoms with Crippen molar-refractivity contribution in [2.75, 3.05) is 53.0 Å². The highest BCUT2D eigenvalue weighted by Crippen LogP contribution is 2.16. The van der Waals surface area contributed by atoms with Crippen molar-refractivity contribution in [3.8, 4) is 0 Å². The molecule has 1 aliphatic heterocycles. The molecule has 0 bridgehead atoms. The molecule has 22 heavy (non-hydrogen) atoms. The highest BCUT2D eigenvalue weighted by Gasteiger charge is 2.23. The van der Waals surface area contributed by atoms with Crippen molar-refractivity contribution >= 4 is 23.2 Å². The highest BCUT2D eigenvalue weighted by molar-refractivity contribution is 7.10. The number of nitrogens with one attached hydrogen (secondary N) is 1. The lowest BCUT2D eigenvalue weighted by Crippen LogP contribution is -2.51. The van der Waals surface area contributed by atoms with Crippen LogP contribution in [-0.4, -0.2) is 74.6 Å². The lowest BCUT2D eigenvalue weighted by Gasteiger charge is -2.34. The summed E-state index contributed by atoms with van der Waals surface area (Å²) in [5.74, 6) is 0.0961. The molecule has 0 radical (unpaired) electrons. The predicted molar refractivity (Wildman–Crippen MR) is 86.3 cm³/mol. The number of hydrogen-bond donors (Lipinski definition) is 1. The average molecular weight is 325 g/mol. The van der Waals surface area contributed by atoms with Gasteiger partial charge in [0.05, 0.1) is 18.7 Å². The maximum Gasteiger partial charge on any atom is 0.254 e. The second-order valence-corrected chi connectivity index (χ2v) is 6.47. The third-order valence-corrected chi connectivity index (χ3v) is 4.49. The molecule has 0 unspecified atom stereocenters. The second kappa shape index (κ2) is 8.26. The zero-order valence-electron chi connectivity index (χ0n) is 13.1. The lowest BCUT2D eigenvalue weighted by atomic mass is 10.2. The van der Waals surface area contributed by atoms with Gasteiger partial charge in [-0.05, 0) is 13.0 Å². The monoisotopic (exact) mass is 325 g/mol. The van der Waals surface area contributed by atoms with E-state index in [1.54, 1.807) is 18.4 Å². The first-order valence-electron chi connectivity index (χ1n) is 7.42. The summed E-state index contributed by atoms with van der Waals surface area (Å²) >= 11 is 1.59. The molecular formula is C15H23N3O3S. The number of hydrogen-bond acceptors (Lipinski definition) is 5. The Labute approximate surface area is 135 Å². The minimum atomic E-state index is 0.00489. The molecular weight excluding hydrogens is 302 g/mol. The number of rotatable bonds is 6. The number of piperazine rings is 1. The molecule has 1 aromatic heterocycles. The smallest absolute Gasteiger partial charge is 0.254 e. The van der Waals surface area contributed by atoms with Crippen molar-refractivity contribution in [2.45, 2.75) is 6.92 Å². The van der Waals surface area contributed by atoms with Gasteiger partial charge < -0.3 is 15.0 Å². The SMILES string of the molecule is COCCNC(=O)CN1CCN(C(=O)c2csc(C)c2)CC1. The van der Waals surface area contributed by atoms with Crippen molar-refractivity contribution in [3.63, 3.8) is 0 Å². The van der Waals surface area contributed by atoms with E-state index in [4.69, 9.17) is 4.74 Å². The van der Waals surface area contributed by atoms with Crippen molar-refractivity contribution in [1.82, 2.24) is 15.1 Å². The minimum absolute atomic E-state index is 0.00489. The first-order valence-corrected chi connectivity index (χ1v) is 8.30. The van der Waals surface area contributed by atoms with Crippen LogP contribution in [0.1, 0.15) is 15.2 Å². The molecule has 7 heteroatoms. The molecule has 0 aliphatic carbocycles. The molecule has 0 atom stereocenters. The van der Waals surface area contributed by atoms with E-state index < -0.39 is 0 Å². The van der Waals surface area contributed by atoms with Gasteiger partial charge in [-0.1, -0.05) is 0 Å².